The van der Waals surface area contributed by atoms with Gasteiger partial charge in [-0.25, -0.2) is 4.79 Å². The molecule has 1 aliphatic rings. The number of nitrogens with zero attached hydrogens (tertiary/aromatic N) is 2. The van der Waals surface area contributed by atoms with Gasteiger partial charge in [0.2, 0.25) is 12.1 Å². The maximum Gasteiger partial charge on any atom is 0.351 e. The number of aromatic nitrogens is 2. The Kier molecular flexibility index (Phi) is 4.06. The lowest BCUT2D eigenvalue weighted by atomic mass is 10.1. The van der Waals surface area contributed by atoms with E-state index in [2.05, 4.69) is 10.3 Å². The molecule has 0 unspecified atom stereocenters. The van der Waals surface area contributed by atoms with Crippen LogP contribution in [-0.2, 0) is 9.53 Å². The van der Waals surface area contributed by atoms with Gasteiger partial charge in [-0.2, -0.15) is 13.8 Å². The number of nitrogens with one attached hydrogen (secondary N) is 1. The highest BCUT2D eigenvalue weighted by molar-refractivity contribution is 5.87. The zero-order valence-electron chi connectivity index (χ0n) is 11.4. The molecule has 0 aromatic carbocycles. The van der Waals surface area contributed by atoms with Crippen molar-refractivity contribution in [1.29, 1.82) is 0 Å². The molecule has 0 spiro atoms. The van der Waals surface area contributed by atoms with E-state index < -0.39 is 36.0 Å². The van der Waals surface area contributed by atoms with Crippen LogP contribution in [0.4, 0.5) is 14.6 Å². The van der Waals surface area contributed by atoms with Crippen molar-refractivity contribution in [1.82, 2.24) is 9.55 Å². The Balaban J connectivity index is 2.34. The molecule has 9 heteroatoms. The molecule has 1 aromatic rings. The number of hydrogen-bond donors (Lipinski definition) is 2. The summed E-state index contributed by atoms with van der Waals surface area (Å²) in [7, 11) is 0. The van der Waals surface area contributed by atoms with Crippen LogP contribution in [0.3, 0.4) is 0 Å². The molecule has 0 aliphatic carbocycles. The number of anilines is 1. The minimum absolute atomic E-state index is 0.0438. The summed E-state index contributed by atoms with van der Waals surface area (Å²) < 4.78 is 33.6. The van der Waals surface area contributed by atoms with Gasteiger partial charge in [0.25, 0.3) is 0 Å². The van der Waals surface area contributed by atoms with E-state index in [-0.39, 0.29) is 12.2 Å². The number of alkyl halides is 2. The minimum Gasteiger partial charge on any atom is -0.384 e. The van der Waals surface area contributed by atoms with E-state index >= 15 is 0 Å². The summed E-state index contributed by atoms with van der Waals surface area (Å²) in [5, 5.41) is 11.8. The standard InChI is InChI=1S/C12H15F2N3O4/c1-3-7-9(19)12(13,14)10(21-7)17-5-4-8(15-6(2)18)16-11(17)20/h4-5,7,9-10,19H,3H2,1-2H3,(H,15,16,18,20)/t7-,9-,10-/m1/s1. The van der Waals surface area contributed by atoms with Crippen LogP contribution in [0, 0.1) is 0 Å². The van der Waals surface area contributed by atoms with Crippen molar-refractivity contribution in [3.05, 3.63) is 22.7 Å². The first-order chi connectivity index (χ1) is 9.77. The Bertz CT molecular complexity index is 604. The third-order valence-corrected chi connectivity index (χ3v) is 3.17. The normalized spacial score (nSPS) is 27.6. The molecule has 1 amide bonds. The van der Waals surface area contributed by atoms with Crippen LogP contribution in [0.5, 0.6) is 0 Å². The molecule has 2 N–H and O–H groups in total. The largest absolute Gasteiger partial charge is 0.384 e. The number of rotatable bonds is 3. The fraction of sp³-hybridized carbons (Fsp3) is 0.583. The van der Waals surface area contributed by atoms with Gasteiger partial charge in [-0.05, 0) is 12.5 Å². The Morgan fingerprint density at radius 1 is 1.62 bits per heavy atom. The first-order valence-corrected chi connectivity index (χ1v) is 6.35. The second-order valence-electron chi connectivity index (χ2n) is 4.74. The van der Waals surface area contributed by atoms with Gasteiger partial charge in [-0.3, -0.25) is 9.36 Å². The third kappa shape index (κ3) is 2.79. The summed E-state index contributed by atoms with van der Waals surface area (Å²) >= 11 is 0. The summed E-state index contributed by atoms with van der Waals surface area (Å²) in [6, 6.07) is 1.20. The molecule has 2 heterocycles. The van der Waals surface area contributed by atoms with E-state index in [0.717, 1.165) is 6.20 Å². The van der Waals surface area contributed by atoms with Crippen LogP contribution in [0.1, 0.15) is 26.5 Å². The minimum atomic E-state index is -3.61. The molecular weight excluding hydrogens is 288 g/mol. The van der Waals surface area contributed by atoms with Crippen molar-refractivity contribution < 1.29 is 23.4 Å². The molecular formula is C12H15F2N3O4. The van der Waals surface area contributed by atoms with Crippen LogP contribution in [-0.4, -0.2) is 38.7 Å². The highest BCUT2D eigenvalue weighted by Gasteiger charge is 2.59. The fourth-order valence-electron chi connectivity index (χ4n) is 2.14. The molecule has 1 aromatic heterocycles. The monoisotopic (exact) mass is 303 g/mol. The van der Waals surface area contributed by atoms with Crippen LogP contribution >= 0.6 is 0 Å². The molecule has 1 fully saturated rings. The average Bonchev–Trinajstić information content (AvgIpc) is 2.61. The van der Waals surface area contributed by atoms with Gasteiger partial charge in [0.15, 0.2) is 0 Å². The van der Waals surface area contributed by atoms with E-state index in [1.54, 1.807) is 6.92 Å². The summed E-state index contributed by atoms with van der Waals surface area (Å²) in [5.41, 5.74) is -1.00. The zero-order chi connectivity index (χ0) is 15.8. The number of carbonyl (C=O) groups is 1. The Labute approximate surface area is 118 Å². The molecule has 2 rings (SSSR count). The van der Waals surface area contributed by atoms with Crippen LogP contribution in [0.25, 0.3) is 0 Å². The topological polar surface area (TPSA) is 93.5 Å². The molecule has 1 aliphatic heterocycles. The Hall–Kier alpha value is -1.87. The number of carbonyl (C=O) groups excluding carboxylic acids is 1. The summed E-state index contributed by atoms with van der Waals surface area (Å²) in [6.07, 6.45) is -3.76. The lowest BCUT2D eigenvalue weighted by molar-refractivity contribution is -0.140. The van der Waals surface area contributed by atoms with Gasteiger partial charge in [0, 0.05) is 13.1 Å². The third-order valence-electron chi connectivity index (χ3n) is 3.17. The van der Waals surface area contributed by atoms with Gasteiger partial charge >= 0.3 is 11.6 Å². The second-order valence-corrected chi connectivity index (χ2v) is 4.74. The fourth-order valence-corrected chi connectivity index (χ4v) is 2.14. The van der Waals surface area contributed by atoms with Crippen molar-refractivity contribution in [2.24, 2.45) is 0 Å². The lowest BCUT2D eigenvalue weighted by Gasteiger charge is -2.21. The Morgan fingerprint density at radius 3 is 2.76 bits per heavy atom. The second kappa shape index (κ2) is 5.49. The lowest BCUT2D eigenvalue weighted by Crippen LogP contribution is -2.41. The highest BCUT2D eigenvalue weighted by atomic mass is 19.3. The highest BCUT2D eigenvalue weighted by Crippen LogP contribution is 2.42. The van der Waals surface area contributed by atoms with E-state index in [0.29, 0.717) is 4.57 Å². The van der Waals surface area contributed by atoms with Crippen molar-refractivity contribution >= 4 is 11.7 Å². The summed E-state index contributed by atoms with van der Waals surface area (Å²) in [6.45, 7) is 2.82. The number of ether oxygens (including phenoxy) is 1. The molecule has 116 valence electrons. The molecule has 1 saturated heterocycles. The molecule has 21 heavy (non-hydrogen) atoms. The van der Waals surface area contributed by atoms with E-state index in [9.17, 15) is 23.5 Å². The van der Waals surface area contributed by atoms with Gasteiger partial charge in [0.1, 0.15) is 11.9 Å². The van der Waals surface area contributed by atoms with Gasteiger partial charge < -0.3 is 15.2 Å². The summed E-state index contributed by atoms with van der Waals surface area (Å²) in [4.78, 5) is 26.1. The number of hydrogen-bond acceptors (Lipinski definition) is 5. The van der Waals surface area contributed by atoms with Gasteiger partial charge in [-0.1, -0.05) is 6.92 Å². The maximum atomic E-state index is 14.0. The van der Waals surface area contributed by atoms with Crippen molar-refractivity contribution in [3.63, 3.8) is 0 Å². The number of aliphatic hydroxyl groups is 1. The smallest absolute Gasteiger partial charge is 0.351 e. The van der Waals surface area contributed by atoms with Crippen LogP contribution in [0.15, 0.2) is 17.1 Å². The number of aliphatic hydroxyl groups excluding tert-OH is 1. The average molecular weight is 303 g/mol. The van der Waals surface area contributed by atoms with Crippen molar-refractivity contribution in [2.75, 3.05) is 5.32 Å². The van der Waals surface area contributed by atoms with Crippen LogP contribution in [0.2, 0.25) is 0 Å². The predicted molar refractivity (Wildman–Crippen MR) is 68.0 cm³/mol. The van der Waals surface area contributed by atoms with Crippen molar-refractivity contribution in [3.8, 4) is 0 Å². The molecule has 7 nitrogen and oxygen atoms in total. The summed E-state index contributed by atoms with van der Waals surface area (Å²) in [5.74, 6) is -4.09. The zero-order valence-corrected chi connectivity index (χ0v) is 11.4. The quantitative estimate of drug-likeness (QED) is 0.848. The number of halogens is 2. The molecule has 0 radical (unpaired) electrons. The van der Waals surface area contributed by atoms with E-state index in [1.807, 2.05) is 0 Å². The molecule has 3 atom stereocenters. The van der Waals surface area contributed by atoms with E-state index in [1.165, 1.54) is 13.0 Å². The number of amides is 1. The maximum absolute atomic E-state index is 14.0. The van der Waals surface area contributed by atoms with Gasteiger partial charge in [0.05, 0.1) is 6.10 Å². The SMILES string of the molecule is CC[C@H]1O[C@@H](n2ccc(NC(C)=O)nc2=O)C(F)(F)[C@@H]1O. The van der Waals surface area contributed by atoms with Gasteiger partial charge in [-0.15, -0.1) is 0 Å². The first-order valence-electron chi connectivity index (χ1n) is 6.35. The Morgan fingerprint density at radius 2 is 2.29 bits per heavy atom. The molecule has 0 saturated carbocycles. The first kappa shape index (κ1) is 15.5. The van der Waals surface area contributed by atoms with Crippen molar-refractivity contribution in [2.45, 2.75) is 44.6 Å². The van der Waals surface area contributed by atoms with E-state index in [4.69, 9.17) is 4.74 Å². The van der Waals surface area contributed by atoms with Crippen LogP contribution < -0.4 is 11.0 Å². The molecule has 0 bridgehead atoms. The predicted octanol–water partition coefficient (Wildman–Crippen LogP) is 0.505.